The van der Waals surface area contributed by atoms with Crippen molar-refractivity contribution in [2.24, 2.45) is 0 Å². The van der Waals surface area contributed by atoms with Crippen LogP contribution in [0, 0.1) is 0 Å². The highest BCUT2D eigenvalue weighted by atomic mass is 16.4. The molecule has 1 aliphatic rings. The maximum absolute atomic E-state index is 12.8. The molecule has 2 heterocycles. The Balaban J connectivity index is 1.38. The molecule has 0 unspecified atom stereocenters. The first-order valence-corrected chi connectivity index (χ1v) is 12.6. The second kappa shape index (κ2) is 12.0. The largest absolute Gasteiger partial charge is 0.455 e. The number of amides is 1. The minimum absolute atomic E-state index is 0.00772. The molecule has 1 saturated heterocycles. The van der Waals surface area contributed by atoms with Crippen molar-refractivity contribution in [3.63, 3.8) is 0 Å². The highest BCUT2D eigenvalue weighted by molar-refractivity contribution is 5.91. The van der Waals surface area contributed by atoms with E-state index in [2.05, 4.69) is 84.3 Å². The highest BCUT2D eigenvalue weighted by Crippen LogP contribution is 2.29. The summed E-state index contributed by atoms with van der Waals surface area (Å²) >= 11 is 0. The monoisotopic (exact) mass is 459 g/mol. The van der Waals surface area contributed by atoms with Crippen molar-refractivity contribution in [2.45, 2.75) is 39.3 Å². The van der Waals surface area contributed by atoms with Gasteiger partial charge in [-0.3, -0.25) is 14.6 Å². The minimum atomic E-state index is 0.00772. The van der Waals surface area contributed by atoms with Crippen LogP contribution in [0.5, 0.6) is 0 Å². The smallest absolute Gasteiger partial charge is 0.289 e. The van der Waals surface area contributed by atoms with Gasteiger partial charge in [-0.05, 0) is 36.1 Å². The minimum Gasteiger partial charge on any atom is -0.455 e. The van der Waals surface area contributed by atoms with Crippen LogP contribution < -0.4 is 0 Å². The molecule has 34 heavy (non-hydrogen) atoms. The van der Waals surface area contributed by atoms with Crippen LogP contribution in [-0.2, 0) is 6.54 Å². The molecule has 0 spiro atoms. The first kappa shape index (κ1) is 24.2. The average Bonchev–Trinajstić information content (AvgIpc) is 3.34. The summed E-state index contributed by atoms with van der Waals surface area (Å²) in [4.78, 5) is 19.7. The Morgan fingerprint density at radius 1 is 0.824 bits per heavy atom. The van der Waals surface area contributed by atoms with Gasteiger partial charge in [-0.15, -0.1) is 0 Å². The van der Waals surface area contributed by atoms with Crippen LogP contribution in [0.3, 0.4) is 0 Å². The summed E-state index contributed by atoms with van der Waals surface area (Å²) in [7, 11) is 0. The second-order valence-electron chi connectivity index (χ2n) is 9.09. The molecule has 1 fully saturated rings. The molecule has 0 aliphatic carbocycles. The van der Waals surface area contributed by atoms with Crippen molar-refractivity contribution in [1.29, 1.82) is 0 Å². The third-order valence-corrected chi connectivity index (χ3v) is 6.53. The number of hydrogen-bond donors (Lipinski definition) is 0. The zero-order valence-corrected chi connectivity index (χ0v) is 20.5. The quantitative estimate of drug-likeness (QED) is 0.404. The molecule has 1 aromatic heterocycles. The number of rotatable bonds is 10. The van der Waals surface area contributed by atoms with Gasteiger partial charge in [0, 0.05) is 39.3 Å². The molecule has 0 bridgehead atoms. The van der Waals surface area contributed by atoms with Crippen LogP contribution in [0.1, 0.15) is 60.2 Å². The summed E-state index contributed by atoms with van der Waals surface area (Å²) in [5, 5.41) is 0. The predicted molar refractivity (Wildman–Crippen MR) is 137 cm³/mol. The van der Waals surface area contributed by atoms with Gasteiger partial charge in [0.15, 0.2) is 5.76 Å². The van der Waals surface area contributed by atoms with Crippen LogP contribution in [0.4, 0.5) is 0 Å². The van der Waals surface area contributed by atoms with Gasteiger partial charge in [-0.25, -0.2) is 0 Å². The van der Waals surface area contributed by atoms with E-state index >= 15 is 0 Å². The maximum atomic E-state index is 12.8. The van der Waals surface area contributed by atoms with E-state index in [4.69, 9.17) is 4.42 Å². The van der Waals surface area contributed by atoms with Gasteiger partial charge in [-0.2, -0.15) is 0 Å². The predicted octanol–water partition coefficient (Wildman–Crippen LogP) is 5.45. The number of benzene rings is 2. The van der Waals surface area contributed by atoms with Gasteiger partial charge >= 0.3 is 0 Å². The lowest BCUT2D eigenvalue weighted by Gasteiger charge is -2.39. The zero-order valence-electron chi connectivity index (χ0n) is 20.5. The summed E-state index contributed by atoms with van der Waals surface area (Å²) in [6.45, 7) is 10.4. The fourth-order valence-electron chi connectivity index (χ4n) is 4.87. The summed E-state index contributed by atoms with van der Waals surface area (Å²) in [5.41, 5.74) is 2.67. The number of furan rings is 1. The fraction of sp³-hybridized carbons (Fsp3) is 0.414. The Morgan fingerprint density at radius 3 is 1.91 bits per heavy atom. The van der Waals surface area contributed by atoms with Crippen molar-refractivity contribution in [3.8, 4) is 0 Å². The number of piperazine rings is 1. The normalized spacial score (nSPS) is 15.0. The molecule has 5 heteroatoms. The molecule has 5 nitrogen and oxygen atoms in total. The highest BCUT2D eigenvalue weighted by Gasteiger charge is 2.27. The van der Waals surface area contributed by atoms with E-state index in [1.807, 2.05) is 17.0 Å². The summed E-state index contributed by atoms with van der Waals surface area (Å²) in [6.07, 6.45) is 1.91. The van der Waals surface area contributed by atoms with Gasteiger partial charge in [0.05, 0.1) is 12.6 Å². The Labute approximate surface area is 204 Å². The molecule has 1 amide bonds. The Morgan fingerprint density at radius 2 is 1.38 bits per heavy atom. The van der Waals surface area contributed by atoms with E-state index in [1.165, 1.54) is 11.1 Å². The molecule has 2 aromatic carbocycles. The van der Waals surface area contributed by atoms with Crippen LogP contribution in [-0.4, -0.2) is 59.9 Å². The Hall–Kier alpha value is -2.89. The number of nitrogens with zero attached hydrogens (tertiary/aromatic N) is 3. The van der Waals surface area contributed by atoms with Crippen LogP contribution >= 0.6 is 0 Å². The standard InChI is InChI=1S/C29H37N3O2/c1-3-17-32(18-4-2)29(33)27-16-15-26(34-27)23-30-19-21-31(22-20-30)28(24-11-7-5-8-12-24)25-13-9-6-10-14-25/h5-16,28H,3-4,17-23H2,1-2H3. The lowest BCUT2D eigenvalue weighted by atomic mass is 9.96. The van der Waals surface area contributed by atoms with E-state index in [9.17, 15) is 4.79 Å². The van der Waals surface area contributed by atoms with Crippen LogP contribution in [0.2, 0.25) is 0 Å². The molecule has 4 rings (SSSR count). The van der Waals surface area contributed by atoms with Crippen molar-refractivity contribution >= 4 is 5.91 Å². The van der Waals surface area contributed by atoms with Crippen molar-refractivity contribution < 1.29 is 9.21 Å². The van der Waals surface area contributed by atoms with E-state index in [0.717, 1.165) is 64.4 Å². The van der Waals surface area contributed by atoms with Gasteiger partial charge in [-0.1, -0.05) is 74.5 Å². The number of hydrogen-bond acceptors (Lipinski definition) is 4. The van der Waals surface area contributed by atoms with E-state index in [-0.39, 0.29) is 11.9 Å². The van der Waals surface area contributed by atoms with E-state index in [0.29, 0.717) is 5.76 Å². The van der Waals surface area contributed by atoms with Crippen molar-refractivity contribution in [3.05, 3.63) is 95.4 Å². The molecule has 0 atom stereocenters. The summed E-state index contributed by atoms with van der Waals surface area (Å²) in [5.74, 6) is 1.34. The van der Waals surface area contributed by atoms with Crippen molar-refractivity contribution in [1.82, 2.24) is 14.7 Å². The average molecular weight is 460 g/mol. The molecule has 1 aliphatic heterocycles. The Bertz CT molecular complexity index is 965. The van der Waals surface area contributed by atoms with Crippen molar-refractivity contribution in [2.75, 3.05) is 39.3 Å². The second-order valence-corrected chi connectivity index (χ2v) is 9.09. The first-order valence-electron chi connectivity index (χ1n) is 12.6. The van der Waals surface area contributed by atoms with Gasteiger partial charge in [0.2, 0.25) is 0 Å². The molecule has 0 N–H and O–H groups in total. The molecule has 3 aromatic rings. The molecule has 180 valence electrons. The van der Waals surface area contributed by atoms with E-state index in [1.54, 1.807) is 0 Å². The zero-order chi connectivity index (χ0) is 23.8. The molecule has 0 radical (unpaired) electrons. The molecular formula is C29H37N3O2. The molecular weight excluding hydrogens is 422 g/mol. The fourth-order valence-corrected chi connectivity index (χ4v) is 4.87. The first-order chi connectivity index (χ1) is 16.7. The topological polar surface area (TPSA) is 39.9 Å². The van der Waals surface area contributed by atoms with Crippen LogP contribution in [0.15, 0.2) is 77.2 Å². The van der Waals surface area contributed by atoms with Crippen LogP contribution in [0.25, 0.3) is 0 Å². The number of carbonyl (C=O) groups is 1. The molecule has 0 saturated carbocycles. The third-order valence-electron chi connectivity index (χ3n) is 6.53. The number of carbonyl (C=O) groups excluding carboxylic acids is 1. The third kappa shape index (κ3) is 5.96. The van der Waals surface area contributed by atoms with Gasteiger partial charge < -0.3 is 9.32 Å². The van der Waals surface area contributed by atoms with Gasteiger partial charge in [0.1, 0.15) is 5.76 Å². The summed E-state index contributed by atoms with van der Waals surface area (Å²) < 4.78 is 5.99. The SMILES string of the molecule is CCCN(CCC)C(=O)c1ccc(CN2CCN(C(c3ccccc3)c3ccccc3)CC2)o1. The Kier molecular flexibility index (Phi) is 8.56. The van der Waals surface area contributed by atoms with E-state index < -0.39 is 0 Å². The van der Waals surface area contributed by atoms with Gasteiger partial charge in [0.25, 0.3) is 5.91 Å². The lowest BCUT2D eigenvalue weighted by molar-refractivity contribution is 0.0714. The summed E-state index contributed by atoms with van der Waals surface area (Å²) in [6, 6.07) is 25.6. The lowest BCUT2D eigenvalue weighted by Crippen LogP contribution is -2.47. The maximum Gasteiger partial charge on any atom is 0.289 e.